The van der Waals surface area contributed by atoms with Gasteiger partial charge in [0.2, 0.25) is 15.9 Å². The predicted octanol–water partition coefficient (Wildman–Crippen LogP) is 1.88. The predicted molar refractivity (Wildman–Crippen MR) is 112 cm³/mol. The monoisotopic (exact) mass is 482 g/mol. The van der Waals surface area contributed by atoms with Gasteiger partial charge in [-0.1, -0.05) is 15.9 Å². The zero-order valence-corrected chi connectivity index (χ0v) is 18.0. The fraction of sp³-hybridized carbons (Fsp3) is 0.167. The summed E-state index contributed by atoms with van der Waals surface area (Å²) in [7, 11) is -2.64. The first-order chi connectivity index (χ1) is 13.6. The summed E-state index contributed by atoms with van der Waals surface area (Å²) in [6.45, 7) is 0.884. The molecule has 2 rings (SSSR count). The number of aromatic hydroxyl groups is 1. The number of phenolic OH excluding ortho intramolecular Hbond substituents is 1. The number of phenols is 1. The van der Waals surface area contributed by atoms with Crippen molar-refractivity contribution in [3.8, 4) is 5.75 Å². The lowest BCUT2D eigenvalue weighted by Gasteiger charge is -2.16. The van der Waals surface area contributed by atoms with Crippen LogP contribution in [-0.2, 0) is 19.6 Å². The van der Waals surface area contributed by atoms with Gasteiger partial charge in [-0.05, 0) is 42.5 Å². The Kier molecular flexibility index (Phi) is 7.48. The lowest BCUT2D eigenvalue weighted by atomic mass is 10.2. The standard InChI is InChI=1S/C18H19BrN4O5S/c1-12(24)21-15-4-6-16(7-5-15)29(27,28)23(2)11-18(26)22-20-10-13-9-14(19)3-8-17(13)25/h3-10,25H,11H2,1-2H3,(H,21,24)(H,22,26)/b20-10+. The van der Waals surface area contributed by atoms with Gasteiger partial charge < -0.3 is 10.4 Å². The van der Waals surface area contributed by atoms with E-state index >= 15 is 0 Å². The number of halogens is 1. The van der Waals surface area contributed by atoms with Crippen molar-refractivity contribution in [1.29, 1.82) is 0 Å². The van der Waals surface area contributed by atoms with Crippen LogP contribution in [0.5, 0.6) is 5.75 Å². The van der Waals surface area contributed by atoms with E-state index in [1.54, 1.807) is 12.1 Å². The number of carbonyl (C=O) groups excluding carboxylic acids is 2. The molecule has 11 heteroatoms. The van der Waals surface area contributed by atoms with Gasteiger partial charge in [-0.2, -0.15) is 9.41 Å². The minimum Gasteiger partial charge on any atom is -0.507 e. The Hall–Kier alpha value is -2.76. The fourth-order valence-corrected chi connectivity index (χ4v) is 3.72. The molecule has 3 N–H and O–H groups in total. The summed E-state index contributed by atoms with van der Waals surface area (Å²) in [5, 5.41) is 16.0. The van der Waals surface area contributed by atoms with E-state index < -0.39 is 22.5 Å². The number of likely N-dealkylation sites (N-methyl/N-ethyl adjacent to an activating group) is 1. The molecule has 0 aromatic heterocycles. The van der Waals surface area contributed by atoms with Crippen molar-refractivity contribution in [1.82, 2.24) is 9.73 Å². The molecule has 0 bridgehead atoms. The second-order valence-electron chi connectivity index (χ2n) is 5.96. The van der Waals surface area contributed by atoms with Gasteiger partial charge in [0.1, 0.15) is 5.75 Å². The molecule has 0 fully saturated rings. The number of amides is 2. The number of rotatable bonds is 7. The second-order valence-corrected chi connectivity index (χ2v) is 8.92. The van der Waals surface area contributed by atoms with Crippen LogP contribution in [0.1, 0.15) is 12.5 Å². The number of benzene rings is 2. The van der Waals surface area contributed by atoms with E-state index in [0.29, 0.717) is 11.3 Å². The third-order valence-corrected chi connectivity index (χ3v) is 5.94. The van der Waals surface area contributed by atoms with Gasteiger partial charge in [0.05, 0.1) is 17.7 Å². The Morgan fingerprint density at radius 1 is 1.21 bits per heavy atom. The number of anilines is 1. The molecule has 0 aliphatic heterocycles. The zero-order valence-electron chi connectivity index (χ0n) is 15.6. The highest BCUT2D eigenvalue weighted by Gasteiger charge is 2.22. The van der Waals surface area contributed by atoms with E-state index in [1.807, 2.05) is 0 Å². The molecule has 0 radical (unpaired) electrons. The van der Waals surface area contributed by atoms with Crippen molar-refractivity contribution in [2.45, 2.75) is 11.8 Å². The second kappa shape index (κ2) is 9.63. The van der Waals surface area contributed by atoms with E-state index in [-0.39, 0.29) is 16.6 Å². The van der Waals surface area contributed by atoms with Crippen molar-refractivity contribution in [3.63, 3.8) is 0 Å². The summed E-state index contributed by atoms with van der Waals surface area (Å²) >= 11 is 3.26. The van der Waals surface area contributed by atoms with Crippen molar-refractivity contribution in [2.24, 2.45) is 5.10 Å². The van der Waals surface area contributed by atoms with Gasteiger partial charge in [-0.15, -0.1) is 0 Å². The highest BCUT2D eigenvalue weighted by atomic mass is 79.9. The molecule has 0 unspecified atom stereocenters. The number of sulfonamides is 1. The molecule has 0 heterocycles. The van der Waals surface area contributed by atoms with E-state index in [0.717, 1.165) is 8.78 Å². The topological polar surface area (TPSA) is 128 Å². The average Bonchev–Trinajstić information content (AvgIpc) is 2.64. The highest BCUT2D eigenvalue weighted by molar-refractivity contribution is 9.10. The number of hydrogen-bond acceptors (Lipinski definition) is 6. The Morgan fingerprint density at radius 3 is 2.48 bits per heavy atom. The van der Waals surface area contributed by atoms with Crippen LogP contribution in [0.15, 0.2) is 56.9 Å². The van der Waals surface area contributed by atoms with Gasteiger partial charge in [0, 0.05) is 29.7 Å². The largest absolute Gasteiger partial charge is 0.507 e. The molecular weight excluding hydrogens is 464 g/mol. The van der Waals surface area contributed by atoms with Crippen LogP contribution in [0, 0.1) is 0 Å². The molecule has 2 amide bonds. The molecule has 2 aromatic rings. The van der Waals surface area contributed by atoms with E-state index in [9.17, 15) is 23.1 Å². The van der Waals surface area contributed by atoms with Gasteiger partial charge >= 0.3 is 0 Å². The average molecular weight is 483 g/mol. The van der Waals surface area contributed by atoms with Crippen LogP contribution in [0.4, 0.5) is 5.69 Å². The molecular formula is C18H19BrN4O5S. The Morgan fingerprint density at radius 2 is 1.86 bits per heavy atom. The van der Waals surface area contributed by atoms with Gasteiger partial charge in [0.15, 0.2) is 0 Å². The fourth-order valence-electron chi connectivity index (χ4n) is 2.22. The smallest absolute Gasteiger partial charge is 0.255 e. The number of hydrazone groups is 1. The Labute approximate surface area is 176 Å². The zero-order chi connectivity index (χ0) is 21.6. The molecule has 154 valence electrons. The summed E-state index contributed by atoms with van der Waals surface area (Å²) in [5.74, 6) is -0.948. The summed E-state index contributed by atoms with van der Waals surface area (Å²) in [6, 6.07) is 10.3. The van der Waals surface area contributed by atoms with Crippen LogP contribution >= 0.6 is 15.9 Å². The molecule has 0 saturated carbocycles. The van der Waals surface area contributed by atoms with Gasteiger partial charge in [-0.25, -0.2) is 13.8 Å². The maximum atomic E-state index is 12.6. The minimum atomic E-state index is -3.91. The van der Waals surface area contributed by atoms with Crippen LogP contribution in [-0.4, -0.2) is 49.5 Å². The van der Waals surface area contributed by atoms with Crippen LogP contribution in [0.2, 0.25) is 0 Å². The first-order valence-corrected chi connectivity index (χ1v) is 10.5. The minimum absolute atomic E-state index is 0.0198. The molecule has 0 atom stereocenters. The molecule has 29 heavy (non-hydrogen) atoms. The lowest BCUT2D eigenvalue weighted by Crippen LogP contribution is -2.36. The molecule has 0 aliphatic carbocycles. The molecule has 0 spiro atoms. The number of nitrogens with zero attached hydrogens (tertiary/aromatic N) is 2. The van der Waals surface area contributed by atoms with E-state index in [2.05, 4.69) is 31.8 Å². The summed E-state index contributed by atoms with van der Waals surface area (Å²) in [6.07, 6.45) is 1.24. The quantitative estimate of drug-likeness (QED) is 0.409. The van der Waals surface area contributed by atoms with Crippen molar-refractivity contribution in [3.05, 3.63) is 52.5 Å². The van der Waals surface area contributed by atoms with Gasteiger partial charge in [0.25, 0.3) is 5.91 Å². The molecule has 0 aliphatic rings. The van der Waals surface area contributed by atoms with Crippen molar-refractivity contribution >= 4 is 49.7 Å². The molecule has 0 saturated heterocycles. The van der Waals surface area contributed by atoms with Crippen LogP contribution in [0.25, 0.3) is 0 Å². The summed E-state index contributed by atoms with van der Waals surface area (Å²) in [5.41, 5.74) is 3.05. The van der Waals surface area contributed by atoms with Crippen LogP contribution < -0.4 is 10.7 Å². The third-order valence-electron chi connectivity index (χ3n) is 3.63. The first kappa shape index (κ1) is 22.5. The maximum Gasteiger partial charge on any atom is 0.255 e. The summed E-state index contributed by atoms with van der Waals surface area (Å²) < 4.78 is 26.7. The van der Waals surface area contributed by atoms with Gasteiger partial charge in [-0.3, -0.25) is 9.59 Å². The molecule has 2 aromatic carbocycles. The number of hydrogen-bond donors (Lipinski definition) is 3. The molecule has 9 nitrogen and oxygen atoms in total. The Bertz CT molecular complexity index is 1040. The van der Waals surface area contributed by atoms with Crippen molar-refractivity contribution in [2.75, 3.05) is 18.9 Å². The SMILES string of the molecule is CC(=O)Nc1ccc(S(=O)(=O)N(C)CC(=O)N/N=C/c2cc(Br)ccc2O)cc1. The summed E-state index contributed by atoms with van der Waals surface area (Å²) in [4.78, 5) is 23.0. The maximum absolute atomic E-state index is 12.6. The van der Waals surface area contributed by atoms with Crippen LogP contribution in [0.3, 0.4) is 0 Å². The lowest BCUT2D eigenvalue weighted by molar-refractivity contribution is -0.121. The Balaban J connectivity index is 1.99. The van der Waals surface area contributed by atoms with Crippen molar-refractivity contribution < 1.29 is 23.1 Å². The third kappa shape index (κ3) is 6.38. The van der Waals surface area contributed by atoms with E-state index in [4.69, 9.17) is 0 Å². The van der Waals surface area contributed by atoms with E-state index in [1.165, 1.54) is 50.5 Å². The number of carbonyl (C=O) groups is 2. The normalized spacial score (nSPS) is 11.6. The highest BCUT2D eigenvalue weighted by Crippen LogP contribution is 2.20. The first-order valence-electron chi connectivity index (χ1n) is 8.24. The number of nitrogens with one attached hydrogen (secondary N) is 2.